The van der Waals surface area contributed by atoms with Crippen LogP contribution in [-0.4, -0.2) is 29.0 Å². The average Bonchev–Trinajstić information content (AvgIpc) is 2.85. The van der Waals surface area contributed by atoms with Gasteiger partial charge in [-0.3, -0.25) is 4.79 Å². The van der Waals surface area contributed by atoms with E-state index in [4.69, 9.17) is 5.73 Å². The molecule has 4 nitrogen and oxygen atoms in total. The van der Waals surface area contributed by atoms with Gasteiger partial charge in [0.2, 0.25) is 5.91 Å². The molecule has 1 atom stereocenters. The van der Waals surface area contributed by atoms with Crippen molar-refractivity contribution >= 4 is 33.2 Å². The Morgan fingerprint density at radius 2 is 2.05 bits per heavy atom. The topological polar surface area (TPSA) is 66.6 Å². The third-order valence-electron chi connectivity index (χ3n) is 3.13. The van der Waals surface area contributed by atoms with Crippen molar-refractivity contribution < 1.29 is 9.90 Å². The molecule has 0 unspecified atom stereocenters. The lowest BCUT2D eigenvalue weighted by molar-refractivity contribution is -0.131. The highest BCUT2D eigenvalue weighted by molar-refractivity contribution is 9.11. The van der Waals surface area contributed by atoms with Gasteiger partial charge in [0, 0.05) is 13.6 Å². The summed E-state index contributed by atoms with van der Waals surface area (Å²) < 4.78 is 1.05. The van der Waals surface area contributed by atoms with Crippen LogP contribution < -0.4 is 5.73 Å². The maximum atomic E-state index is 12.3. The molecule has 0 aliphatic carbocycles. The van der Waals surface area contributed by atoms with Crippen molar-refractivity contribution in [3.05, 3.63) is 50.6 Å². The number of nitrogens with zero attached hydrogens (tertiary/aromatic N) is 1. The fourth-order valence-corrected chi connectivity index (χ4v) is 3.24. The van der Waals surface area contributed by atoms with Gasteiger partial charge >= 0.3 is 0 Å². The standard InChI is InChI=1S/C15H17BrN2O2S/c1-18(8-11-7-14(16)21-9-11)15(20)13(17)6-10-2-4-12(19)5-3-10/h2-5,7,9,13,19H,6,8,17H2,1H3/t13-/m0/s1. The minimum Gasteiger partial charge on any atom is -0.508 e. The van der Waals surface area contributed by atoms with Gasteiger partial charge in [-0.05, 0) is 57.1 Å². The summed E-state index contributed by atoms with van der Waals surface area (Å²) >= 11 is 5.00. The molecule has 6 heteroatoms. The van der Waals surface area contributed by atoms with E-state index < -0.39 is 6.04 Å². The van der Waals surface area contributed by atoms with Crippen LogP contribution in [0, 0.1) is 0 Å². The predicted molar refractivity (Wildman–Crippen MR) is 88.3 cm³/mol. The van der Waals surface area contributed by atoms with Crippen molar-refractivity contribution in [2.24, 2.45) is 5.73 Å². The molecular weight excluding hydrogens is 352 g/mol. The summed E-state index contributed by atoms with van der Waals surface area (Å²) in [7, 11) is 1.75. The minimum atomic E-state index is -0.582. The van der Waals surface area contributed by atoms with Gasteiger partial charge in [-0.2, -0.15) is 0 Å². The van der Waals surface area contributed by atoms with Crippen LogP contribution >= 0.6 is 27.3 Å². The first kappa shape index (κ1) is 16.0. The molecule has 21 heavy (non-hydrogen) atoms. The van der Waals surface area contributed by atoms with Crippen molar-refractivity contribution in [2.45, 2.75) is 19.0 Å². The smallest absolute Gasteiger partial charge is 0.239 e. The van der Waals surface area contributed by atoms with E-state index in [1.807, 2.05) is 11.4 Å². The van der Waals surface area contributed by atoms with Gasteiger partial charge in [0.25, 0.3) is 0 Å². The van der Waals surface area contributed by atoms with Crippen molar-refractivity contribution in [3.8, 4) is 5.75 Å². The first-order valence-electron chi connectivity index (χ1n) is 6.47. The van der Waals surface area contributed by atoms with E-state index in [1.165, 1.54) is 0 Å². The quantitative estimate of drug-likeness (QED) is 0.852. The number of thiophene rings is 1. The van der Waals surface area contributed by atoms with E-state index in [1.54, 1.807) is 47.5 Å². The van der Waals surface area contributed by atoms with Gasteiger partial charge in [-0.25, -0.2) is 0 Å². The Kier molecular flexibility index (Phi) is 5.39. The molecule has 0 fully saturated rings. The number of phenols is 1. The second-order valence-corrected chi connectivity index (χ2v) is 7.22. The molecule has 1 aromatic heterocycles. The molecule has 112 valence electrons. The van der Waals surface area contributed by atoms with Gasteiger partial charge in [0.05, 0.1) is 9.83 Å². The summed E-state index contributed by atoms with van der Waals surface area (Å²) in [6.07, 6.45) is 0.455. The monoisotopic (exact) mass is 368 g/mol. The summed E-state index contributed by atoms with van der Waals surface area (Å²) in [6.45, 7) is 0.546. The van der Waals surface area contributed by atoms with Crippen molar-refractivity contribution in [2.75, 3.05) is 7.05 Å². The molecule has 3 N–H and O–H groups in total. The van der Waals surface area contributed by atoms with Gasteiger partial charge in [-0.15, -0.1) is 11.3 Å². The summed E-state index contributed by atoms with van der Waals surface area (Å²) in [6, 6.07) is 8.16. The van der Waals surface area contributed by atoms with Crippen molar-refractivity contribution in [1.82, 2.24) is 4.90 Å². The summed E-state index contributed by atoms with van der Waals surface area (Å²) in [4.78, 5) is 13.9. The maximum absolute atomic E-state index is 12.3. The lowest BCUT2D eigenvalue weighted by Gasteiger charge is -2.21. The SMILES string of the molecule is CN(Cc1csc(Br)c1)C(=O)[C@@H](N)Cc1ccc(O)cc1. The number of rotatable bonds is 5. The van der Waals surface area contributed by atoms with E-state index >= 15 is 0 Å². The molecule has 2 aromatic rings. The Bertz CT molecular complexity index is 612. The number of carbonyl (C=O) groups excluding carboxylic acids is 1. The Hall–Kier alpha value is -1.37. The van der Waals surface area contributed by atoms with Crippen LogP contribution in [0.1, 0.15) is 11.1 Å². The predicted octanol–water partition coefficient (Wildman–Crippen LogP) is 2.74. The lowest BCUT2D eigenvalue weighted by atomic mass is 10.1. The van der Waals surface area contributed by atoms with Gasteiger partial charge in [-0.1, -0.05) is 12.1 Å². The molecule has 0 aliphatic rings. The largest absolute Gasteiger partial charge is 0.508 e. The summed E-state index contributed by atoms with van der Waals surface area (Å²) in [5, 5.41) is 11.3. The van der Waals surface area contributed by atoms with Crippen LogP contribution in [0.15, 0.2) is 39.5 Å². The number of amides is 1. The zero-order valence-corrected chi connectivity index (χ0v) is 14.0. The number of carbonyl (C=O) groups is 1. The number of phenolic OH excluding ortho intramolecular Hbond substituents is 1. The number of halogens is 1. The average molecular weight is 369 g/mol. The van der Waals surface area contributed by atoms with Gasteiger partial charge in [0.15, 0.2) is 0 Å². The van der Waals surface area contributed by atoms with Crippen LogP contribution in [0.25, 0.3) is 0 Å². The molecule has 0 radical (unpaired) electrons. The lowest BCUT2D eigenvalue weighted by Crippen LogP contribution is -2.42. The molecular formula is C15H17BrN2O2S. The molecule has 0 spiro atoms. The first-order chi connectivity index (χ1) is 9.95. The van der Waals surface area contributed by atoms with Crippen molar-refractivity contribution in [1.29, 1.82) is 0 Å². The second kappa shape index (κ2) is 7.06. The van der Waals surface area contributed by atoms with E-state index in [9.17, 15) is 9.90 Å². The van der Waals surface area contributed by atoms with Crippen LogP contribution in [-0.2, 0) is 17.8 Å². The Labute approximate surface area is 136 Å². The van der Waals surface area contributed by atoms with Crippen molar-refractivity contribution in [3.63, 3.8) is 0 Å². The van der Waals surface area contributed by atoms with Gasteiger partial charge < -0.3 is 15.7 Å². The molecule has 0 aliphatic heterocycles. The molecule has 0 bridgehead atoms. The molecule has 1 heterocycles. The number of nitrogens with two attached hydrogens (primary N) is 1. The zero-order chi connectivity index (χ0) is 15.4. The Morgan fingerprint density at radius 1 is 1.38 bits per heavy atom. The van der Waals surface area contributed by atoms with E-state index in [-0.39, 0.29) is 11.7 Å². The number of aromatic hydroxyl groups is 1. The van der Waals surface area contributed by atoms with Gasteiger partial charge in [0.1, 0.15) is 5.75 Å². The highest BCUT2D eigenvalue weighted by Gasteiger charge is 2.19. The zero-order valence-electron chi connectivity index (χ0n) is 11.6. The molecule has 2 rings (SSSR count). The number of benzene rings is 1. The first-order valence-corrected chi connectivity index (χ1v) is 8.14. The van der Waals surface area contributed by atoms with Crippen LogP contribution in [0.3, 0.4) is 0 Å². The number of hydrogen-bond donors (Lipinski definition) is 2. The second-order valence-electron chi connectivity index (χ2n) is 4.93. The summed E-state index contributed by atoms with van der Waals surface area (Å²) in [5.41, 5.74) is 8.00. The number of likely N-dealkylation sites (N-methyl/N-ethyl adjacent to an activating group) is 1. The highest BCUT2D eigenvalue weighted by Crippen LogP contribution is 2.21. The van der Waals surface area contributed by atoms with E-state index in [0.717, 1.165) is 14.9 Å². The maximum Gasteiger partial charge on any atom is 0.239 e. The fourth-order valence-electron chi connectivity index (χ4n) is 2.04. The Balaban J connectivity index is 1.93. The third kappa shape index (κ3) is 4.56. The number of hydrogen-bond acceptors (Lipinski definition) is 4. The van der Waals surface area contributed by atoms with E-state index in [2.05, 4.69) is 15.9 Å². The minimum absolute atomic E-state index is 0.0922. The normalized spacial score (nSPS) is 12.1. The van der Waals surface area contributed by atoms with Crippen LogP contribution in [0.5, 0.6) is 5.75 Å². The van der Waals surface area contributed by atoms with Crippen LogP contribution in [0.2, 0.25) is 0 Å². The molecule has 1 amide bonds. The fraction of sp³-hybridized carbons (Fsp3) is 0.267. The molecule has 0 saturated carbocycles. The van der Waals surface area contributed by atoms with E-state index in [0.29, 0.717) is 13.0 Å². The van der Waals surface area contributed by atoms with Crippen LogP contribution in [0.4, 0.5) is 0 Å². The molecule has 0 saturated heterocycles. The third-order valence-corrected chi connectivity index (χ3v) is 4.68. The summed E-state index contributed by atoms with van der Waals surface area (Å²) in [5.74, 6) is 0.115. The molecule has 1 aromatic carbocycles. The highest BCUT2D eigenvalue weighted by atomic mass is 79.9. The Morgan fingerprint density at radius 3 is 2.62 bits per heavy atom.